The van der Waals surface area contributed by atoms with Crippen molar-refractivity contribution < 1.29 is 14.0 Å². The third kappa shape index (κ3) is 5.47. The summed E-state index contributed by atoms with van der Waals surface area (Å²) >= 11 is 1.59. The molecular formula is C20H25FN2O2S. The number of amides is 1. The zero-order valence-corrected chi connectivity index (χ0v) is 16.5. The maximum atomic E-state index is 13.5. The summed E-state index contributed by atoms with van der Waals surface area (Å²) in [7, 11) is 3.76. The number of hydrogen-bond donors (Lipinski definition) is 1. The fraction of sp³-hybridized carbons (Fsp3) is 0.400. The summed E-state index contributed by atoms with van der Waals surface area (Å²) in [6, 6.07) is 8.12. The Morgan fingerprint density at radius 1 is 1.19 bits per heavy atom. The molecule has 1 aromatic heterocycles. The van der Waals surface area contributed by atoms with E-state index in [0.29, 0.717) is 12.1 Å². The average molecular weight is 376 g/mol. The largest absolute Gasteiger partial charge is 0.354 e. The third-order valence-electron chi connectivity index (χ3n) is 4.27. The second kappa shape index (κ2) is 9.05. The summed E-state index contributed by atoms with van der Waals surface area (Å²) < 4.78 is 13.5. The van der Waals surface area contributed by atoms with Crippen LogP contribution in [0.4, 0.5) is 4.39 Å². The summed E-state index contributed by atoms with van der Waals surface area (Å²) in [5.41, 5.74) is 1.52. The molecule has 0 radical (unpaired) electrons. The number of rotatable bonds is 8. The van der Waals surface area contributed by atoms with E-state index in [1.807, 2.05) is 45.0 Å². The molecule has 0 saturated carbocycles. The molecular weight excluding hydrogens is 351 g/mol. The number of thiophene rings is 1. The lowest BCUT2D eigenvalue weighted by atomic mass is 10.1. The van der Waals surface area contributed by atoms with Crippen LogP contribution in [-0.4, -0.2) is 37.2 Å². The summed E-state index contributed by atoms with van der Waals surface area (Å²) in [6.07, 6.45) is 0.339. The number of aryl methyl sites for hydroxylation is 2. The molecule has 0 aliphatic heterocycles. The van der Waals surface area contributed by atoms with Gasteiger partial charge in [-0.1, -0.05) is 12.1 Å². The van der Waals surface area contributed by atoms with Crippen molar-refractivity contribution in [2.45, 2.75) is 32.7 Å². The van der Waals surface area contributed by atoms with Crippen LogP contribution in [0.3, 0.4) is 0 Å². The van der Waals surface area contributed by atoms with Gasteiger partial charge in [-0.3, -0.25) is 9.59 Å². The number of nitrogens with one attached hydrogen (secondary N) is 1. The standard InChI is InChI=1S/C20H25FN2O2S/c1-13-10-17(14(2)26-13)19(24)8-9-20(25)22-12-18(23(3)4)15-6-5-7-16(21)11-15/h5-7,10-11,18H,8-9,12H2,1-4H3,(H,22,25). The van der Waals surface area contributed by atoms with Crippen molar-refractivity contribution in [3.05, 3.63) is 57.0 Å². The van der Waals surface area contributed by atoms with Crippen LogP contribution in [0.5, 0.6) is 0 Å². The van der Waals surface area contributed by atoms with Gasteiger partial charge in [0.25, 0.3) is 0 Å². The average Bonchev–Trinajstić information content (AvgIpc) is 2.91. The Balaban J connectivity index is 1.88. The van der Waals surface area contributed by atoms with Gasteiger partial charge in [0.1, 0.15) is 5.82 Å². The number of carbonyl (C=O) groups is 2. The number of halogens is 1. The van der Waals surface area contributed by atoms with Crippen molar-refractivity contribution in [2.75, 3.05) is 20.6 Å². The van der Waals surface area contributed by atoms with Crippen molar-refractivity contribution >= 4 is 23.0 Å². The van der Waals surface area contributed by atoms with Gasteiger partial charge in [0, 0.05) is 34.7 Å². The molecule has 0 saturated heterocycles. The highest BCUT2D eigenvalue weighted by atomic mass is 32.1. The van der Waals surface area contributed by atoms with Crippen LogP contribution in [-0.2, 0) is 4.79 Å². The number of hydrogen-bond acceptors (Lipinski definition) is 4. The first-order valence-corrected chi connectivity index (χ1v) is 9.38. The molecule has 6 heteroatoms. The fourth-order valence-corrected chi connectivity index (χ4v) is 3.82. The van der Waals surface area contributed by atoms with Gasteiger partial charge in [0.2, 0.25) is 5.91 Å². The minimum Gasteiger partial charge on any atom is -0.354 e. The first kappa shape index (κ1) is 20.3. The van der Waals surface area contributed by atoms with Crippen molar-refractivity contribution in [3.8, 4) is 0 Å². The fourth-order valence-electron chi connectivity index (χ4n) is 2.88. The SMILES string of the molecule is Cc1cc(C(=O)CCC(=O)NCC(c2cccc(F)c2)N(C)C)c(C)s1. The van der Waals surface area contributed by atoms with Crippen LogP contribution in [0.15, 0.2) is 30.3 Å². The minimum absolute atomic E-state index is 0.00344. The molecule has 1 heterocycles. The summed E-state index contributed by atoms with van der Waals surface area (Å²) in [4.78, 5) is 28.4. The van der Waals surface area contributed by atoms with Gasteiger partial charge >= 0.3 is 0 Å². The molecule has 1 atom stereocenters. The van der Waals surface area contributed by atoms with Crippen molar-refractivity contribution in [1.29, 1.82) is 0 Å². The first-order chi connectivity index (χ1) is 12.3. The van der Waals surface area contributed by atoms with E-state index < -0.39 is 0 Å². The molecule has 2 aromatic rings. The Hall–Kier alpha value is -2.05. The maximum absolute atomic E-state index is 13.5. The monoisotopic (exact) mass is 376 g/mol. The highest BCUT2D eigenvalue weighted by Crippen LogP contribution is 2.22. The van der Waals surface area contributed by atoms with E-state index >= 15 is 0 Å². The Morgan fingerprint density at radius 3 is 2.50 bits per heavy atom. The number of likely N-dealkylation sites (N-methyl/N-ethyl adjacent to an activating group) is 1. The molecule has 2 rings (SSSR count). The van der Waals surface area contributed by atoms with Crippen LogP contribution >= 0.6 is 11.3 Å². The predicted octanol–water partition coefficient (Wildman–Crippen LogP) is 3.89. The molecule has 0 spiro atoms. The smallest absolute Gasteiger partial charge is 0.220 e. The van der Waals surface area contributed by atoms with E-state index in [1.165, 1.54) is 12.1 Å². The Bertz CT molecular complexity index is 786. The lowest BCUT2D eigenvalue weighted by Gasteiger charge is -2.25. The number of Topliss-reactive ketones (excluding diaryl/α,β-unsaturated/α-hetero) is 1. The van der Waals surface area contributed by atoms with Gasteiger partial charge in [-0.15, -0.1) is 11.3 Å². The van der Waals surface area contributed by atoms with Gasteiger partial charge in [-0.2, -0.15) is 0 Å². The number of nitrogens with zero attached hydrogens (tertiary/aromatic N) is 1. The maximum Gasteiger partial charge on any atom is 0.220 e. The molecule has 140 valence electrons. The molecule has 1 N–H and O–H groups in total. The van der Waals surface area contributed by atoms with Gasteiger partial charge in [0.05, 0.1) is 6.04 Å². The molecule has 26 heavy (non-hydrogen) atoms. The van der Waals surface area contributed by atoms with E-state index in [2.05, 4.69) is 5.32 Å². The van der Waals surface area contributed by atoms with Crippen LogP contribution < -0.4 is 5.32 Å². The minimum atomic E-state index is -0.298. The van der Waals surface area contributed by atoms with E-state index in [0.717, 1.165) is 15.3 Å². The van der Waals surface area contributed by atoms with Crippen LogP contribution in [0.25, 0.3) is 0 Å². The number of ketones is 1. The summed E-state index contributed by atoms with van der Waals surface area (Å²) in [6.45, 7) is 4.25. The zero-order chi connectivity index (χ0) is 19.3. The van der Waals surface area contributed by atoms with Gasteiger partial charge in [-0.25, -0.2) is 4.39 Å². The highest BCUT2D eigenvalue weighted by molar-refractivity contribution is 7.12. The first-order valence-electron chi connectivity index (χ1n) is 8.56. The lowest BCUT2D eigenvalue weighted by molar-refractivity contribution is -0.121. The van der Waals surface area contributed by atoms with Crippen molar-refractivity contribution in [2.24, 2.45) is 0 Å². The van der Waals surface area contributed by atoms with E-state index in [9.17, 15) is 14.0 Å². The molecule has 0 aliphatic carbocycles. The van der Waals surface area contributed by atoms with Crippen molar-refractivity contribution in [1.82, 2.24) is 10.2 Å². The molecule has 1 aromatic carbocycles. The third-order valence-corrected chi connectivity index (χ3v) is 5.24. The normalized spacial score (nSPS) is 12.2. The topological polar surface area (TPSA) is 49.4 Å². The quantitative estimate of drug-likeness (QED) is 0.711. The second-order valence-corrected chi connectivity index (χ2v) is 8.05. The number of benzene rings is 1. The lowest BCUT2D eigenvalue weighted by Crippen LogP contribution is -2.34. The van der Waals surface area contributed by atoms with E-state index in [4.69, 9.17) is 0 Å². The molecule has 0 aliphatic rings. The number of carbonyl (C=O) groups excluding carboxylic acids is 2. The van der Waals surface area contributed by atoms with Crippen LogP contribution in [0, 0.1) is 19.7 Å². The van der Waals surface area contributed by atoms with Crippen LogP contribution in [0.2, 0.25) is 0 Å². The van der Waals surface area contributed by atoms with E-state index in [-0.39, 0.29) is 36.4 Å². The Labute approximate surface area is 158 Å². The van der Waals surface area contributed by atoms with Gasteiger partial charge < -0.3 is 10.2 Å². The molecule has 1 unspecified atom stereocenters. The second-order valence-electron chi connectivity index (χ2n) is 6.59. The highest BCUT2D eigenvalue weighted by Gasteiger charge is 2.17. The van der Waals surface area contributed by atoms with E-state index in [1.54, 1.807) is 17.4 Å². The summed E-state index contributed by atoms with van der Waals surface area (Å²) in [5, 5.41) is 2.86. The molecule has 4 nitrogen and oxygen atoms in total. The Kier molecular flexibility index (Phi) is 7.06. The zero-order valence-electron chi connectivity index (χ0n) is 15.6. The van der Waals surface area contributed by atoms with Gasteiger partial charge in [0.15, 0.2) is 5.78 Å². The van der Waals surface area contributed by atoms with Crippen molar-refractivity contribution in [3.63, 3.8) is 0 Å². The predicted molar refractivity (Wildman–Crippen MR) is 103 cm³/mol. The van der Waals surface area contributed by atoms with Crippen LogP contribution in [0.1, 0.15) is 44.6 Å². The molecule has 1 amide bonds. The van der Waals surface area contributed by atoms with Gasteiger partial charge in [-0.05, 0) is 51.7 Å². The molecule has 0 fully saturated rings. The Morgan fingerprint density at radius 2 is 1.92 bits per heavy atom. The molecule has 0 bridgehead atoms. The summed E-state index contributed by atoms with van der Waals surface area (Å²) in [5.74, 6) is -0.477.